The topological polar surface area (TPSA) is 104 Å². The van der Waals surface area contributed by atoms with Crippen LogP contribution >= 0.6 is 0 Å². The maximum atomic E-state index is 12.6. The van der Waals surface area contributed by atoms with Crippen LogP contribution in [-0.2, 0) is 15.0 Å². The fourth-order valence-electron chi connectivity index (χ4n) is 2.51. The number of anilines is 1. The molecule has 1 aliphatic rings. The van der Waals surface area contributed by atoms with E-state index in [0.717, 1.165) is 18.4 Å². The second-order valence-corrected chi connectivity index (χ2v) is 5.53. The van der Waals surface area contributed by atoms with Gasteiger partial charge in [-0.25, -0.2) is 0 Å². The minimum atomic E-state index is -1.04. The van der Waals surface area contributed by atoms with Crippen molar-refractivity contribution in [2.45, 2.75) is 24.3 Å². The molecule has 7 heteroatoms. The summed E-state index contributed by atoms with van der Waals surface area (Å²) in [5.74, 6) is -0.566. The van der Waals surface area contributed by atoms with Crippen molar-refractivity contribution in [3.05, 3.63) is 48.2 Å². The van der Waals surface area contributed by atoms with E-state index in [2.05, 4.69) is 20.3 Å². The molecule has 120 valence electrons. The van der Waals surface area contributed by atoms with Gasteiger partial charge < -0.3 is 20.3 Å². The van der Waals surface area contributed by atoms with E-state index in [1.807, 2.05) is 30.3 Å². The number of nitrogens with zero attached hydrogens (tertiary/aromatic N) is 1. The molecule has 1 saturated carbocycles. The van der Waals surface area contributed by atoms with Crippen molar-refractivity contribution >= 4 is 17.6 Å². The number of aliphatic hydroxyl groups is 1. The molecule has 1 fully saturated rings. The summed E-state index contributed by atoms with van der Waals surface area (Å²) in [6.07, 6.45) is 2.77. The number of rotatable bonds is 6. The first-order chi connectivity index (χ1) is 11.2. The third kappa shape index (κ3) is 3.09. The van der Waals surface area contributed by atoms with E-state index >= 15 is 0 Å². The van der Waals surface area contributed by atoms with Gasteiger partial charge in [-0.15, -0.1) is 0 Å². The average molecular weight is 315 g/mol. The molecule has 3 N–H and O–H groups in total. The molecule has 1 aliphatic carbocycles. The molecule has 1 heterocycles. The Balaban J connectivity index is 1.67. The van der Waals surface area contributed by atoms with E-state index in [0.29, 0.717) is 0 Å². The lowest BCUT2D eigenvalue weighted by Crippen LogP contribution is -2.49. The molecule has 0 radical (unpaired) electrons. The molecule has 0 saturated heterocycles. The zero-order valence-corrected chi connectivity index (χ0v) is 12.4. The van der Waals surface area contributed by atoms with Crippen LogP contribution in [0.3, 0.4) is 0 Å². The van der Waals surface area contributed by atoms with Gasteiger partial charge in [-0.3, -0.25) is 9.59 Å². The molecule has 2 aromatic rings. The number of benzene rings is 1. The Morgan fingerprint density at radius 2 is 2.00 bits per heavy atom. The predicted molar refractivity (Wildman–Crippen MR) is 81.5 cm³/mol. The van der Waals surface area contributed by atoms with E-state index in [-0.39, 0.29) is 11.7 Å². The third-order valence-electron chi connectivity index (χ3n) is 4.00. The zero-order chi connectivity index (χ0) is 16.3. The Hall–Kier alpha value is -2.67. The van der Waals surface area contributed by atoms with Crippen molar-refractivity contribution in [3.8, 4) is 0 Å². The van der Waals surface area contributed by atoms with Gasteiger partial charge in [0, 0.05) is 6.07 Å². The van der Waals surface area contributed by atoms with E-state index in [4.69, 9.17) is 0 Å². The Kier molecular flexibility index (Phi) is 4.12. The lowest BCUT2D eigenvalue weighted by Gasteiger charge is -2.20. The lowest BCUT2D eigenvalue weighted by atomic mass is 9.94. The van der Waals surface area contributed by atoms with Crippen LogP contribution in [0.4, 0.5) is 5.82 Å². The SMILES string of the molecule is O=C(Nc1ccon1)C(CO)NC(=O)C1(c2ccccc2)CC1. The molecule has 1 aromatic heterocycles. The van der Waals surface area contributed by atoms with E-state index in [1.165, 1.54) is 12.3 Å². The molecular weight excluding hydrogens is 298 g/mol. The molecule has 2 amide bonds. The summed E-state index contributed by atoms with van der Waals surface area (Å²) in [5, 5.41) is 18.1. The molecular formula is C16H17N3O4. The van der Waals surface area contributed by atoms with Gasteiger partial charge in [0.25, 0.3) is 5.91 Å². The minimum absolute atomic E-state index is 0.229. The van der Waals surface area contributed by atoms with Crippen molar-refractivity contribution in [1.82, 2.24) is 10.5 Å². The normalized spacial score (nSPS) is 16.4. The number of hydrogen-bond acceptors (Lipinski definition) is 5. The van der Waals surface area contributed by atoms with Crippen molar-refractivity contribution in [2.75, 3.05) is 11.9 Å². The summed E-state index contributed by atoms with van der Waals surface area (Å²) in [6, 6.07) is 9.87. The molecule has 3 rings (SSSR count). The molecule has 0 aliphatic heterocycles. The van der Waals surface area contributed by atoms with Crippen LogP contribution in [0.25, 0.3) is 0 Å². The van der Waals surface area contributed by atoms with Crippen LogP contribution in [0.1, 0.15) is 18.4 Å². The molecule has 7 nitrogen and oxygen atoms in total. The van der Waals surface area contributed by atoms with Gasteiger partial charge >= 0.3 is 0 Å². The Morgan fingerprint density at radius 1 is 1.26 bits per heavy atom. The molecule has 1 atom stereocenters. The summed E-state index contributed by atoms with van der Waals surface area (Å²) in [4.78, 5) is 24.7. The standard InChI is InChI=1S/C16H17N3O4/c20-10-12(14(21)18-13-6-9-23-19-13)17-15(22)16(7-8-16)11-4-2-1-3-5-11/h1-6,9,12,20H,7-8,10H2,(H,17,22)(H,18,19,21). The van der Waals surface area contributed by atoms with Crippen molar-refractivity contribution in [3.63, 3.8) is 0 Å². The van der Waals surface area contributed by atoms with Gasteiger partial charge in [0.05, 0.1) is 12.0 Å². The van der Waals surface area contributed by atoms with Crippen LogP contribution < -0.4 is 10.6 Å². The third-order valence-corrected chi connectivity index (χ3v) is 4.00. The molecule has 1 aromatic carbocycles. The largest absolute Gasteiger partial charge is 0.394 e. The molecule has 1 unspecified atom stereocenters. The Labute approximate surface area is 132 Å². The average Bonchev–Trinajstić information content (AvgIpc) is 3.24. The fourth-order valence-corrected chi connectivity index (χ4v) is 2.51. The van der Waals surface area contributed by atoms with E-state index in [1.54, 1.807) is 0 Å². The highest BCUT2D eigenvalue weighted by Gasteiger charge is 2.51. The number of carbonyl (C=O) groups is 2. The molecule has 0 bridgehead atoms. The highest BCUT2D eigenvalue weighted by molar-refractivity contribution is 5.99. The molecule has 23 heavy (non-hydrogen) atoms. The number of carbonyl (C=O) groups excluding carboxylic acids is 2. The molecule has 0 spiro atoms. The summed E-state index contributed by atoms with van der Waals surface area (Å²) in [6.45, 7) is -0.500. The van der Waals surface area contributed by atoms with Gasteiger partial charge in [0.2, 0.25) is 5.91 Å². The van der Waals surface area contributed by atoms with Crippen LogP contribution in [0.15, 0.2) is 47.2 Å². The monoisotopic (exact) mass is 315 g/mol. The van der Waals surface area contributed by atoms with E-state index in [9.17, 15) is 14.7 Å². The maximum absolute atomic E-state index is 12.6. The highest BCUT2D eigenvalue weighted by atomic mass is 16.5. The zero-order valence-electron chi connectivity index (χ0n) is 12.4. The summed E-state index contributed by atoms with van der Waals surface area (Å²) in [7, 11) is 0. The van der Waals surface area contributed by atoms with Crippen LogP contribution in [-0.4, -0.2) is 34.7 Å². The number of hydrogen-bond donors (Lipinski definition) is 3. The van der Waals surface area contributed by atoms with Gasteiger partial charge in [0.15, 0.2) is 5.82 Å². The highest BCUT2D eigenvalue weighted by Crippen LogP contribution is 2.48. The lowest BCUT2D eigenvalue weighted by molar-refractivity contribution is -0.129. The first-order valence-electron chi connectivity index (χ1n) is 7.34. The Bertz CT molecular complexity index is 681. The van der Waals surface area contributed by atoms with Crippen molar-refractivity contribution in [1.29, 1.82) is 0 Å². The van der Waals surface area contributed by atoms with Gasteiger partial charge in [-0.1, -0.05) is 35.5 Å². The number of nitrogens with one attached hydrogen (secondary N) is 2. The second kappa shape index (κ2) is 6.21. The predicted octanol–water partition coefficient (Wildman–Crippen LogP) is 0.822. The maximum Gasteiger partial charge on any atom is 0.250 e. The number of amides is 2. The number of aromatic nitrogens is 1. The minimum Gasteiger partial charge on any atom is -0.394 e. The van der Waals surface area contributed by atoms with Crippen molar-refractivity contribution in [2.24, 2.45) is 0 Å². The number of aliphatic hydroxyl groups excluding tert-OH is 1. The summed E-state index contributed by atoms with van der Waals surface area (Å²) in [5.41, 5.74) is 0.328. The first-order valence-corrected chi connectivity index (χ1v) is 7.34. The summed E-state index contributed by atoms with van der Waals surface area (Å²) < 4.78 is 4.62. The van der Waals surface area contributed by atoms with E-state index < -0.39 is 24.0 Å². The van der Waals surface area contributed by atoms with Gasteiger partial charge in [0.1, 0.15) is 12.3 Å². The quantitative estimate of drug-likeness (QED) is 0.732. The van der Waals surface area contributed by atoms with Gasteiger partial charge in [-0.2, -0.15) is 0 Å². The summed E-state index contributed by atoms with van der Waals surface area (Å²) >= 11 is 0. The second-order valence-electron chi connectivity index (χ2n) is 5.53. The van der Waals surface area contributed by atoms with Crippen molar-refractivity contribution < 1.29 is 19.2 Å². The fraction of sp³-hybridized carbons (Fsp3) is 0.312. The first kappa shape index (κ1) is 15.2. The smallest absolute Gasteiger partial charge is 0.250 e. The van der Waals surface area contributed by atoms with Gasteiger partial charge in [-0.05, 0) is 18.4 Å². The van der Waals surface area contributed by atoms with Crippen LogP contribution in [0.5, 0.6) is 0 Å². The van der Waals surface area contributed by atoms with Crippen LogP contribution in [0, 0.1) is 0 Å². The van der Waals surface area contributed by atoms with Crippen LogP contribution in [0.2, 0.25) is 0 Å². The Morgan fingerprint density at radius 3 is 2.57 bits per heavy atom.